The molecule has 2 rings (SSSR count). The SMILES string of the molecule is CNC(C)c1ccc(S(=O)(=O)Nc2nc(C)ns2)cc1. The van der Waals surface area contributed by atoms with Crippen molar-refractivity contribution in [2.75, 3.05) is 11.8 Å². The van der Waals surface area contributed by atoms with Crippen molar-refractivity contribution in [1.82, 2.24) is 14.7 Å². The highest BCUT2D eigenvalue weighted by Gasteiger charge is 2.16. The van der Waals surface area contributed by atoms with Gasteiger partial charge in [-0.2, -0.15) is 4.37 Å². The van der Waals surface area contributed by atoms with Gasteiger partial charge in [0.1, 0.15) is 5.82 Å². The van der Waals surface area contributed by atoms with Crippen molar-refractivity contribution in [3.8, 4) is 0 Å². The van der Waals surface area contributed by atoms with Crippen LogP contribution in [0.2, 0.25) is 0 Å². The summed E-state index contributed by atoms with van der Waals surface area (Å²) in [5.74, 6) is 0.547. The van der Waals surface area contributed by atoms with Crippen LogP contribution < -0.4 is 10.0 Å². The molecule has 1 unspecified atom stereocenters. The van der Waals surface area contributed by atoms with Gasteiger partial charge in [-0.25, -0.2) is 13.4 Å². The average Bonchev–Trinajstić information content (AvgIpc) is 2.82. The van der Waals surface area contributed by atoms with Crippen LogP contribution in [-0.4, -0.2) is 24.8 Å². The smallest absolute Gasteiger partial charge is 0.263 e. The molecule has 0 amide bonds. The fourth-order valence-corrected chi connectivity index (χ4v) is 3.41. The van der Waals surface area contributed by atoms with Gasteiger partial charge in [-0.05, 0) is 38.6 Å². The van der Waals surface area contributed by atoms with Crippen LogP contribution in [-0.2, 0) is 10.0 Å². The van der Waals surface area contributed by atoms with Crippen LogP contribution >= 0.6 is 11.5 Å². The Balaban J connectivity index is 2.21. The number of rotatable bonds is 5. The van der Waals surface area contributed by atoms with Crippen molar-refractivity contribution >= 4 is 26.7 Å². The lowest BCUT2D eigenvalue weighted by Gasteiger charge is -2.11. The summed E-state index contributed by atoms with van der Waals surface area (Å²) in [4.78, 5) is 4.19. The Kier molecular flexibility index (Phi) is 4.36. The number of anilines is 1. The van der Waals surface area contributed by atoms with Crippen LogP contribution in [0, 0.1) is 6.92 Å². The number of benzene rings is 1. The van der Waals surface area contributed by atoms with Crippen LogP contribution in [0.1, 0.15) is 24.4 Å². The summed E-state index contributed by atoms with van der Waals surface area (Å²) in [5.41, 5.74) is 1.03. The first kappa shape index (κ1) is 14.9. The van der Waals surface area contributed by atoms with Gasteiger partial charge in [0.2, 0.25) is 5.13 Å². The molecule has 0 saturated heterocycles. The number of aryl methyl sites for hydroxylation is 1. The van der Waals surface area contributed by atoms with E-state index in [1.54, 1.807) is 31.2 Å². The zero-order valence-corrected chi connectivity index (χ0v) is 13.0. The number of sulfonamides is 1. The molecular formula is C12H16N4O2S2. The summed E-state index contributed by atoms with van der Waals surface area (Å²) in [5, 5.41) is 3.37. The topological polar surface area (TPSA) is 84.0 Å². The maximum Gasteiger partial charge on any atom is 0.263 e. The Morgan fingerprint density at radius 3 is 2.40 bits per heavy atom. The van der Waals surface area contributed by atoms with Crippen LogP contribution in [0.3, 0.4) is 0 Å². The molecule has 0 radical (unpaired) electrons. The minimum absolute atomic E-state index is 0.172. The molecule has 1 aromatic carbocycles. The van der Waals surface area contributed by atoms with E-state index in [1.807, 2.05) is 14.0 Å². The summed E-state index contributed by atoms with van der Waals surface area (Å²) in [6.45, 7) is 3.72. The molecule has 2 aromatic rings. The molecule has 0 fully saturated rings. The molecule has 2 N–H and O–H groups in total. The first-order valence-corrected chi connectivity index (χ1v) is 8.28. The third-order valence-electron chi connectivity index (χ3n) is 2.87. The van der Waals surface area contributed by atoms with E-state index < -0.39 is 10.0 Å². The van der Waals surface area contributed by atoms with Gasteiger partial charge in [0.25, 0.3) is 10.0 Å². The van der Waals surface area contributed by atoms with E-state index in [0.29, 0.717) is 5.82 Å². The Morgan fingerprint density at radius 1 is 1.25 bits per heavy atom. The zero-order valence-electron chi connectivity index (χ0n) is 11.4. The van der Waals surface area contributed by atoms with E-state index >= 15 is 0 Å². The second-order valence-corrected chi connectivity index (χ2v) is 6.77. The number of nitrogens with zero attached hydrogens (tertiary/aromatic N) is 2. The molecular weight excluding hydrogens is 296 g/mol. The summed E-state index contributed by atoms with van der Waals surface area (Å²) in [7, 11) is -1.76. The third-order valence-corrected chi connectivity index (χ3v) is 5.08. The molecule has 0 aliphatic carbocycles. The first-order chi connectivity index (χ1) is 9.42. The normalized spacial score (nSPS) is 13.2. The molecule has 0 saturated carbocycles. The molecule has 0 aliphatic heterocycles. The Morgan fingerprint density at radius 2 is 1.90 bits per heavy atom. The lowest BCUT2D eigenvalue weighted by molar-refractivity contribution is 0.600. The molecule has 20 heavy (non-hydrogen) atoms. The van der Waals surface area contributed by atoms with Gasteiger partial charge in [-0.3, -0.25) is 4.72 Å². The molecule has 0 aliphatic rings. The Hall–Kier alpha value is -1.51. The average molecular weight is 312 g/mol. The quantitative estimate of drug-likeness (QED) is 0.881. The standard InChI is InChI=1S/C12H16N4O2S2/c1-8(13-3)10-4-6-11(7-5-10)20(17,18)16-12-14-9(2)15-19-12/h4-8,13H,1-3H3,(H,14,15,16). The minimum Gasteiger partial charge on any atom is -0.313 e. The number of hydrogen-bond acceptors (Lipinski definition) is 6. The van der Waals surface area contributed by atoms with E-state index in [9.17, 15) is 8.42 Å². The van der Waals surface area contributed by atoms with E-state index in [4.69, 9.17) is 0 Å². The lowest BCUT2D eigenvalue weighted by atomic mass is 10.1. The molecule has 1 atom stereocenters. The fourth-order valence-electron chi connectivity index (χ4n) is 1.61. The lowest BCUT2D eigenvalue weighted by Crippen LogP contribution is -2.14. The zero-order chi connectivity index (χ0) is 14.8. The summed E-state index contributed by atoms with van der Waals surface area (Å²) in [6.07, 6.45) is 0. The van der Waals surface area contributed by atoms with Gasteiger partial charge in [0.05, 0.1) is 4.90 Å². The van der Waals surface area contributed by atoms with Gasteiger partial charge in [0.15, 0.2) is 0 Å². The van der Waals surface area contributed by atoms with Crippen molar-refractivity contribution in [3.63, 3.8) is 0 Å². The molecule has 1 aromatic heterocycles. The van der Waals surface area contributed by atoms with Crippen molar-refractivity contribution in [2.24, 2.45) is 0 Å². The maximum atomic E-state index is 12.2. The van der Waals surface area contributed by atoms with E-state index in [-0.39, 0.29) is 16.1 Å². The van der Waals surface area contributed by atoms with Crippen molar-refractivity contribution in [2.45, 2.75) is 24.8 Å². The van der Waals surface area contributed by atoms with Crippen molar-refractivity contribution in [1.29, 1.82) is 0 Å². The largest absolute Gasteiger partial charge is 0.313 e. The van der Waals surface area contributed by atoms with Gasteiger partial charge in [-0.1, -0.05) is 12.1 Å². The minimum atomic E-state index is -3.61. The Bertz CT molecular complexity index is 680. The van der Waals surface area contributed by atoms with Crippen molar-refractivity contribution in [3.05, 3.63) is 35.7 Å². The fraction of sp³-hybridized carbons (Fsp3) is 0.333. The van der Waals surface area contributed by atoms with Gasteiger partial charge < -0.3 is 5.32 Å². The molecule has 1 heterocycles. The number of aromatic nitrogens is 2. The van der Waals surface area contributed by atoms with Gasteiger partial charge >= 0.3 is 0 Å². The van der Waals surface area contributed by atoms with E-state index in [0.717, 1.165) is 17.1 Å². The summed E-state index contributed by atoms with van der Waals surface area (Å²) >= 11 is 1.02. The summed E-state index contributed by atoms with van der Waals surface area (Å²) < 4.78 is 30.7. The van der Waals surface area contributed by atoms with E-state index in [1.165, 1.54) is 0 Å². The van der Waals surface area contributed by atoms with Crippen LogP contribution in [0.5, 0.6) is 0 Å². The van der Waals surface area contributed by atoms with Gasteiger partial charge in [0, 0.05) is 17.6 Å². The predicted octanol–water partition coefficient (Wildman–Crippen LogP) is 1.93. The first-order valence-electron chi connectivity index (χ1n) is 6.03. The monoisotopic (exact) mass is 312 g/mol. The van der Waals surface area contributed by atoms with Crippen LogP contribution in [0.25, 0.3) is 0 Å². The van der Waals surface area contributed by atoms with Crippen molar-refractivity contribution < 1.29 is 8.42 Å². The molecule has 0 bridgehead atoms. The molecule has 6 nitrogen and oxygen atoms in total. The highest BCUT2D eigenvalue weighted by atomic mass is 32.2. The molecule has 108 valence electrons. The second-order valence-electron chi connectivity index (χ2n) is 4.33. The predicted molar refractivity (Wildman–Crippen MR) is 79.4 cm³/mol. The van der Waals surface area contributed by atoms with Crippen LogP contribution in [0.15, 0.2) is 29.2 Å². The third kappa shape index (κ3) is 3.33. The van der Waals surface area contributed by atoms with Gasteiger partial charge in [-0.15, -0.1) is 0 Å². The van der Waals surface area contributed by atoms with Crippen LogP contribution in [0.4, 0.5) is 5.13 Å². The maximum absolute atomic E-state index is 12.2. The highest BCUT2D eigenvalue weighted by molar-refractivity contribution is 7.93. The molecule has 8 heteroatoms. The number of nitrogens with one attached hydrogen (secondary N) is 2. The number of hydrogen-bond donors (Lipinski definition) is 2. The summed E-state index contributed by atoms with van der Waals surface area (Å²) in [6, 6.07) is 6.92. The Labute approximate surface area is 122 Å². The van der Waals surface area contributed by atoms with E-state index in [2.05, 4.69) is 19.4 Å². The second kappa shape index (κ2) is 5.86. The highest BCUT2D eigenvalue weighted by Crippen LogP contribution is 2.19. The molecule has 0 spiro atoms.